The van der Waals surface area contributed by atoms with Gasteiger partial charge in [-0.15, -0.1) is 11.3 Å². The normalized spacial score (nSPS) is 15.7. The van der Waals surface area contributed by atoms with Gasteiger partial charge >= 0.3 is 0 Å². The van der Waals surface area contributed by atoms with E-state index in [1.165, 1.54) is 28.5 Å². The highest BCUT2D eigenvalue weighted by atomic mass is 32.1. The van der Waals surface area contributed by atoms with Crippen LogP contribution < -0.4 is 5.73 Å². The molecule has 2 aromatic carbocycles. The van der Waals surface area contributed by atoms with E-state index in [0.717, 1.165) is 18.5 Å². The minimum absolute atomic E-state index is 0.179. The Kier molecular flexibility index (Phi) is 3.01. The van der Waals surface area contributed by atoms with Crippen molar-refractivity contribution in [3.8, 4) is 0 Å². The molecule has 2 nitrogen and oxygen atoms in total. The average molecular weight is 310 g/mol. The molecule has 4 rings (SSSR count). The first-order chi connectivity index (χ1) is 10.7. The molecule has 0 atom stereocenters. The summed E-state index contributed by atoms with van der Waals surface area (Å²) < 4.78 is 14.5. The van der Waals surface area contributed by atoms with Gasteiger partial charge in [-0.3, -0.25) is 0 Å². The van der Waals surface area contributed by atoms with Gasteiger partial charge in [-0.1, -0.05) is 42.5 Å². The third-order valence-electron chi connectivity index (χ3n) is 4.50. The van der Waals surface area contributed by atoms with E-state index in [0.29, 0.717) is 10.7 Å². The molecule has 0 saturated heterocycles. The van der Waals surface area contributed by atoms with Crippen molar-refractivity contribution < 1.29 is 4.39 Å². The van der Waals surface area contributed by atoms with Gasteiger partial charge < -0.3 is 5.73 Å². The third kappa shape index (κ3) is 1.95. The minimum Gasteiger partial charge on any atom is -0.375 e. The number of anilines is 1. The highest BCUT2D eigenvalue weighted by molar-refractivity contribution is 7.13. The Hall–Kier alpha value is -2.20. The Balaban J connectivity index is 1.93. The van der Waals surface area contributed by atoms with Gasteiger partial charge in [-0.2, -0.15) is 0 Å². The van der Waals surface area contributed by atoms with E-state index >= 15 is 0 Å². The summed E-state index contributed by atoms with van der Waals surface area (Å²) in [7, 11) is 0. The predicted molar refractivity (Wildman–Crippen MR) is 87.6 cm³/mol. The molecular weight excluding hydrogens is 295 g/mol. The van der Waals surface area contributed by atoms with Gasteiger partial charge in [-0.25, -0.2) is 9.37 Å². The molecule has 0 amide bonds. The van der Waals surface area contributed by atoms with Gasteiger partial charge in [0.1, 0.15) is 5.82 Å². The van der Waals surface area contributed by atoms with Crippen molar-refractivity contribution in [2.24, 2.45) is 0 Å². The molecule has 2 N–H and O–H groups in total. The smallest absolute Gasteiger partial charge is 0.180 e. The number of fused-ring (bicyclic) bond motifs is 1. The zero-order valence-electron chi connectivity index (χ0n) is 11.9. The minimum atomic E-state index is -0.455. The van der Waals surface area contributed by atoms with Crippen LogP contribution in [0.2, 0.25) is 0 Å². The van der Waals surface area contributed by atoms with Crippen LogP contribution in [-0.4, -0.2) is 4.98 Å². The maximum Gasteiger partial charge on any atom is 0.180 e. The van der Waals surface area contributed by atoms with Crippen LogP contribution in [0.3, 0.4) is 0 Å². The first-order valence-electron chi connectivity index (χ1n) is 7.22. The zero-order chi connectivity index (χ0) is 15.2. The number of halogens is 1. The molecule has 0 radical (unpaired) electrons. The number of rotatable bonds is 2. The summed E-state index contributed by atoms with van der Waals surface area (Å²) in [4.78, 5) is 4.50. The van der Waals surface area contributed by atoms with Crippen molar-refractivity contribution >= 4 is 16.5 Å². The van der Waals surface area contributed by atoms with Gasteiger partial charge in [0.2, 0.25) is 0 Å². The number of hydrogen-bond donors (Lipinski definition) is 1. The van der Waals surface area contributed by atoms with E-state index in [-0.39, 0.29) is 5.82 Å². The number of nitrogen functional groups attached to an aromatic ring is 1. The number of thiazole rings is 1. The number of nitrogens with two attached hydrogens (primary N) is 1. The Labute approximate surface area is 132 Å². The molecule has 22 heavy (non-hydrogen) atoms. The molecule has 0 fully saturated rings. The van der Waals surface area contributed by atoms with E-state index in [1.807, 2.05) is 29.6 Å². The Morgan fingerprint density at radius 3 is 2.23 bits per heavy atom. The van der Waals surface area contributed by atoms with E-state index in [2.05, 4.69) is 17.1 Å². The van der Waals surface area contributed by atoms with Crippen molar-refractivity contribution in [2.75, 3.05) is 5.73 Å². The summed E-state index contributed by atoms with van der Waals surface area (Å²) in [6.45, 7) is 0. The first kappa shape index (κ1) is 13.5. The summed E-state index contributed by atoms with van der Waals surface area (Å²) in [6, 6.07) is 15.3. The fourth-order valence-electron chi connectivity index (χ4n) is 3.48. The van der Waals surface area contributed by atoms with E-state index in [9.17, 15) is 4.39 Å². The maximum absolute atomic E-state index is 14.5. The molecule has 0 bridgehead atoms. The van der Waals surface area contributed by atoms with Crippen LogP contribution in [0.25, 0.3) is 0 Å². The SMILES string of the molecule is Nc1nc(C2(c3ccccc3F)Cc3ccccc3C2)cs1. The van der Waals surface area contributed by atoms with Gasteiger partial charge in [0.05, 0.1) is 5.69 Å². The molecule has 0 aliphatic heterocycles. The van der Waals surface area contributed by atoms with Gasteiger partial charge in [0, 0.05) is 16.4 Å². The van der Waals surface area contributed by atoms with Crippen molar-refractivity contribution in [1.82, 2.24) is 4.98 Å². The van der Waals surface area contributed by atoms with Crippen LogP contribution in [0.15, 0.2) is 53.9 Å². The molecule has 0 unspecified atom stereocenters. The molecule has 1 aliphatic carbocycles. The molecule has 110 valence electrons. The van der Waals surface area contributed by atoms with Crippen LogP contribution in [-0.2, 0) is 18.3 Å². The highest BCUT2D eigenvalue weighted by Crippen LogP contribution is 2.45. The molecule has 4 heteroatoms. The summed E-state index contributed by atoms with van der Waals surface area (Å²) in [5.74, 6) is -0.179. The average Bonchev–Trinajstić information content (AvgIpc) is 3.12. The highest BCUT2D eigenvalue weighted by Gasteiger charge is 2.43. The van der Waals surface area contributed by atoms with Crippen LogP contribution >= 0.6 is 11.3 Å². The molecule has 1 aliphatic rings. The lowest BCUT2D eigenvalue weighted by atomic mass is 9.75. The van der Waals surface area contributed by atoms with Crippen molar-refractivity contribution in [2.45, 2.75) is 18.3 Å². The second kappa shape index (κ2) is 4.92. The standard InChI is InChI=1S/C18H15FN2S/c19-15-8-4-3-7-14(15)18(16-11-22-17(20)21-16)9-12-5-1-2-6-13(12)10-18/h1-8,11H,9-10H2,(H2,20,21). The molecule has 0 saturated carbocycles. The van der Waals surface area contributed by atoms with Crippen molar-refractivity contribution in [3.63, 3.8) is 0 Å². The Bertz CT molecular complexity index is 815. The lowest BCUT2D eigenvalue weighted by molar-refractivity contribution is 0.490. The predicted octanol–water partition coefficient (Wildman–Crippen LogP) is 3.95. The van der Waals surface area contributed by atoms with Gasteiger partial charge in [0.25, 0.3) is 0 Å². The molecule has 3 aromatic rings. The molecular formula is C18H15FN2S. The Morgan fingerprint density at radius 1 is 1.00 bits per heavy atom. The lowest BCUT2D eigenvalue weighted by Crippen LogP contribution is -2.30. The number of aromatic nitrogens is 1. The second-order valence-electron chi connectivity index (χ2n) is 5.76. The lowest BCUT2D eigenvalue weighted by Gasteiger charge is -2.28. The van der Waals surface area contributed by atoms with Crippen LogP contribution in [0.1, 0.15) is 22.4 Å². The van der Waals surface area contributed by atoms with E-state index < -0.39 is 5.41 Å². The molecule has 0 spiro atoms. The first-order valence-corrected chi connectivity index (χ1v) is 8.10. The second-order valence-corrected chi connectivity index (χ2v) is 6.64. The van der Waals surface area contributed by atoms with E-state index in [1.54, 1.807) is 6.07 Å². The summed E-state index contributed by atoms with van der Waals surface area (Å²) >= 11 is 1.41. The topological polar surface area (TPSA) is 38.9 Å². The number of hydrogen-bond acceptors (Lipinski definition) is 3. The zero-order valence-corrected chi connectivity index (χ0v) is 12.7. The summed E-state index contributed by atoms with van der Waals surface area (Å²) in [5, 5.41) is 2.50. The van der Waals surface area contributed by atoms with Crippen molar-refractivity contribution in [3.05, 3.63) is 82.1 Å². The summed E-state index contributed by atoms with van der Waals surface area (Å²) in [5.41, 5.74) is 9.48. The summed E-state index contributed by atoms with van der Waals surface area (Å²) in [6.07, 6.45) is 1.51. The van der Waals surface area contributed by atoms with Crippen molar-refractivity contribution in [1.29, 1.82) is 0 Å². The molecule has 1 heterocycles. The van der Waals surface area contributed by atoms with Crippen LogP contribution in [0.4, 0.5) is 9.52 Å². The van der Waals surface area contributed by atoms with Gasteiger partial charge in [-0.05, 0) is 30.0 Å². The van der Waals surface area contributed by atoms with E-state index in [4.69, 9.17) is 5.73 Å². The maximum atomic E-state index is 14.5. The Morgan fingerprint density at radius 2 is 1.64 bits per heavy atom. The van der Waals surface area contributed by atoms with Crippen LogP contribution in [0, 0.1) is 5.82 Å². The number of benzene rings is 2. The fraction of sp³-hybridized carbons (Fsp3) is 0.167. The number of nitrogens with zero attached hydrogens (tertiary/aromatic N) is 1. The quantitative estimate of drug-likeness (QED) is 0.778. The monoisotopic (exact) mass is 310 g/mol. The fourth-order valence-corrected chi connectivity index (χ4v) is 4.14. The van der Waals surface area contributed by atoms with Crippen LogP contribution in [0.5, 0.6) is 0 Å². The molecule has 1 aromatic heterocycles. The van der Waals surface area contributed by atoms with Gasteiger partial charge in [0.15, 0.2) is 5.13 Å². The third-order valence-corrected chi connectivity index (χ3v) is 5.18. The largest absolute Gasteiger partial charge is 0.375 e.